The Kier molecular flexibility index (Phi) is 14.7. The van der Waals surface area contributed by atoms with Crippen LogP contribution in [0.2, 0.25) is 0 Å². The van der Waals surface area contributed by atoms with Crippen LogP contribution in [0.5, 0.6) is 0 Å². The van der Waals surface area contributed by atoms with Crippen molar-refractivity contribution in [1.29, 1.82) is 0 Å². The lowest BCUT2D eigenvalue weighted by molar-refractivity contribution is -0.650. The van der Waals surface area contributed by atoms with E-state index in [9.17, 15) is 4.39 Å². The van der Waals surface area contributed by atoms with Crippen molar-refractivity contribution < 1.29 is 22.1 Å². The lowest BCUT2D eigenvalue weighted by atomic mass is 10.6. The average molecular weight is 162 g/mol. The Morgan fingerprint density at radius 2 is 2.00 bits per heavy atom. The van der Waals surface area contributed by atoms with Gasteiger partial charge in [-0.25, -0.2) is 4.39 Å². The molecular weight excluding hydrogens is 152 g/mol. The highest BCUT2D eigenvalue weighted by Gasteiger charge is 1.83. The molecule has 0 aliphatic carbocycles. The highest BCUT2D eigenvalue weighted by molar-refractivity contribution is 6.17. The van der Waals surface area contributed by atoms with Gasteiger partial charge in [-0.1, -0.05) is 0 Å². The highest BCUT2D eigenvalue weighted by atomic mass is 35.5. The topological polar surface area (TPSA) is 16.6 Å². The van der Waals surface area contributed by atoms with Gasteiger partial charge in [0.25, 0.3) is 0 Å². The summed E-state index contributed by atoms with van der Waals surface area (Å²) in [5.74, 6) is 0.611. The number of quaternary nitrogens is 1. The number of rotatable bonds is 4. The zero-order valence-corrected chi connectivity index (χ0v) is 6.05. The number of hydrogen-bond donors (Lipinski definition) is 1. The second kappa shape index (κ2) is 10.5. The van der Waals surface area contributed by atoms with Gasteiger partial charge in [0.1, 0.15) is 13.2 Å². The molecule has 0 aromatic carbocycles. The van der Waals surface area contributed by atoms with Gasteiger partial charge in [0.05, 0.1) is 12.4 Å². The van der Waals surface area contributed by atoms with Gasteiger partial charge < -0.3 is 17.7 Å². The first-order chi connectivity index (χ1) is 3.41. The van der Waals surface area contributed by atoms with E-state index in [1.807, 2.05) is 5.32 Å². The van der Waals surface area contributed by atoms with Crippen molar-refractivity contribution in [2.45, 2.75) is 0 Å². The summed E-state index contributed by atoms with van der Waals surface area (Å²) in [4.78, 5) is 0. The van der Waals surface area contributed by atoms with Crippen molar-refractivity contribution in [3.05, 3.63) is 0 Å². The Balaban J connectivity index is 0. The van der Waals surface area contributed by atoms with Gasteiger partial charge in [-0.15, -0.1) is 11.6 Å². The average Bonchev–Trinajstić information content (AvgIpc) is 1.69. The maximum absolute atomic E-state index is 11.2. The fourth-order valence-corrected chi connectivity index (χ4v) is 0.453. The van der Waals surface area contributed by atoms with Crippen LogP contribution in [-0.2, 0) is 0 Å². The van der Waals surface area contributed by atoms with E-state index in [0.29, 0.717) is 12.4 Å². The molecule has 0 heterocycles. The Morgan fingerprint density at radius 3 is 2.38 bits per heavy atom. The van der Waals surface area contributed by atoms with Crippen molar-refractivity contribution in [3.8, 4) is 0 Å². The molecule has 52 valence electrons. The van der Waals surface area contributed by atoms with Gasteiger partial charge in [-0.3, -0.25) is 0 Å². The van der Waals surface area contributed by atoms with Crippen molar-refractivity contribution in [1.82, 2.24) is 0 Å². The van der Waals surface area contributed by atoms with E-state index in [-0.39, 0.29) is 19.1 Å². The first-order valence-corrected chi connectivity index (χ1v) is 2.89. The van der Waals surface area contributed by atoms with Gasteiger partial charge in [0.2, 0.25) is 0 Å². The van der Waals surface area contributed by atoms with E-state index >= 15 is 0 Å². The molecule has 0 saturated carbocycles. The molecule has 0 aromatic heterocycles. The smallest absolute Gasteiger partial charge is 0.138 e. The lowest BCUT2D eigenvalue weighted by Gasteiger charge is -1.90. The number of alkyl halides is 2. The molecule has 0 spiro atoms. The van der Waals surface area contributed by atoms with E-state index in [4.69, 9.17) is 11.6 Å². The van der Waals surface area contributed by atoms with Crippen LogP contribution in [0.4, 0.5) is 4.39 Å². The molecule has 0 saturated heterocycles. The quantitative estimate of drug-likeness (QED) is 0.330. The summed E-state index contributed by atoms with van der Waals surface area (Å²) < 4.78 is 11.2. The molecule has 8 heavy (non-hydrogen) atoms. The third-order valence-corrected chi connectivity index (χ3v) is 0.845. The van der Waals surface area contributed by atoms with Crippen LogP contribution >= 0.6 is 11.6 Å². The second-order valence-corrected chi connectivity index (χ2v) is 1.62. The Bertz CT molecular complexity index is 33.2. The minimum atomic E-state index is -0.253. The Labute approximate surface area is 60.0 Å². The van der Waals surface area contributed by atoms with Gasteiger partial charge in [-0.2, -0.15) is 0 Å². The predicted octanol–water partition coefficient (Wildman–Crippen LogP) is -3.24. The minimum Gasteiger partial charge on any atom is -1.00 e. The standard InChI is InChI=1S/C4H9ClFN.ClH/c5-1-3-7-4-2-6;/h7H,1-4H2;1H. The van der Waals surface area contributed by atoms with Crippen LogP contribution < -0.4 is 17.7 Å². The molecule has 1 nitrogen and oxygen atoms in total. The summed E-state index contributed by atoms with van der Waals surface area (Å²) in [5, 5.41) is 1.85. The van der Waals surface area contributed by atoms with E-state index in [0.717, 1.165) is 6.54 Å². The fourth-order valence-electron chi connectivity index (χ4n) is 0.299. The second-order valence-electron chi connectivity index (χ2n) is 1.24. The molecule has 0 unspecified atom stereocenters. The molecule has 0 radical (unpaired) electrons. The molecule has 2 N–H and O–H groups in total. The summed E-state index contributed by atoms with van der Waals surface area (Å²) in [6.07, 6.45) is 0. The maximum Gasteiger partial charge on any atom is 0.138 e. The molecule has 0 amide bonds. The fraction of sp³-hybridized carbons (Fsp3) is 1.00. The molecule has 0 aliphatic heterocycles. The van der Waals surface area contributed by atoms with E-state index in [1.165, 1.54) is 0 Å². The summed E-state index contributed by atoms with van der Waals surface area (Å²) in [7, 11) is 0. The number of halogens is 3. The maximum atomic E-state index is 11.2. The highest BCUT2D eigenvalue weighted by Crippen LogP contribution is 1.61. The Hall–Kier alpha value is 0.470. The molecule has 0 bridgehead atoms. The van der Waals surface area contributed by atoms with Crippen LogP contribution in [0.15, 0.2) is 0 Å². The van der Waals surface area contributed by atoms with Crippen LogP contribution in [0.1, 0.15) is 0 Å². The SMILES string of the molecule is FCC[NH2+]CCCl.[Cl-]. The molecule has 0 atom stereocenters. The monoisotopic (exact) mass is 161 g/mol. The number of nitrogens with two attached hydrogens (primary N) is 1. The van der Waals surface area contributed by atoms with Gasteiger partial charge in [-0.05, 0) is 0 Å². The first kappa shape index (κ1) is 11.3. The molecule has 0 aromatic rings. The minimum absolute atomic E-state index is 0. The molecular formula is C4H10Cl2FN. The lowest BCUT2D eigenvalue weighted by Crippen LogP contribution is -3.00. The largest absolute Gasteiger partial charge is 1.00 e. The van der Waals surface area contributed by atoms with E-state index < -0.39 is 0 Å². The summed E-state index contributed by atoms with van der Waals surface area (Å²) in [6, 6.07) is 0. The van der Waals surface area contributed by atoms with Crippen molar-refractivity contribution in [2.75, 3.05) is 25.6 Å². The first-order valence-electron chi connectivity index (χ1n) is 2.35. The predicted molar refractivity (Wildman–Crippen MR) is 28.4 cm³/mol. The Morgan fingerprint density at radius 1 is 1.38 bits per heavy atom. The van der Waals surface area contributed by atoms with Crippen molar-refractivity contribution >= 4 is 11.6 Å². The summed E-state index contributed by atoms with van der Waals surface area (Å²) in [6.45, 7) is 1.12. The van der Waals surface area contributed by atoms with Crippen molar-refractivity contribution in [3.63, 3.8) is 0 Å². The van der Waals surface area contributed by atoms with E-state index in [1.54, 1.807) is 0 Å². The normalized spacial score (nSPS) is 8.25. The third kappa shape index (κ3) is 9.69. The summed E-state index contributed by atoms with van der Waals surface area (Å²) in [5.41, 5.74) is 0. The van der Waals surface area contributed by atoms with E-state index in [2.05, 4.69) is 0 Å². The van der Waals surface area contributed by atoms with Crippen LogP contribution in [0.3, 0.4) is 0 Å². The number of hydrogen-bond acceptors (Lipinski definition) is 0. The molecule has 0 aliphatic rings. The van der Waals surface area contributed by atoms with Gasteiger partial charge in [0.15, 0.2) is 0 Å². The zero-order chi connectivity index (χ0) is 5.54. The van der Waals surface area contributed by atoms with Crippen LogP contribution in [0, 0.1) is 0 Å². The third-order valence-electron chi connectivity index (χ3n) is 0.626. The summed E-state index contributed by atoms with van der Waals surface area (Å²) >= 11 is 5.28. The van der Waals surface area contributed by atoms with Gasteiger partial charge >= 0.3 is 0 Å². The van der Waals surface area contributed by atoms with Crippen molar-refractivity contribution in [2.24, 2.45) is 0 Å². The van der Waals surface area contributed by atoms with Crippen LogP contribution in [-0.4, -0.2) is 25.6 Å². The zero-order valence-electron chi connectivity index (χ0n) is 4.54. The molecule has 0 rings (SSSR count). The van der Waals surface area contributed by atoms with Crippen LogP contribution in [0.25, 0.3) is 0 Å². The molecule has 0 fully saturated rings. The molecule has 4 heteroatoms. The van der Waals surface area contributed by atoms with Gasteiger partial charge in [0, 0.05) is 0 Å².